The Morgan fingerprint density at radius 1 is 1.50 bits per heavy atom. The van der Waals surface area contributed by atoms with Crippen molar-refractivity contribution in [1.29, 1.82) is 0 Å². The number of aromatic nitrogens is 2. The zero-order chi connectivity index (χ0) is 14.7. The Balaban J connectivity index is 2.44. The van der Waals surface area contributed by atoms with Crippen LogP contribution in [0, 0.1) is 23.0 Å². The molecule has 20 heavy (non-hydrogen) atoms. The minimum absolute atomic E-state index is 0.0285. The molecule has 0 radical (unpaired) electrons. The molecule has 0 saturated carbocycles. The summed E-state index contributed by atoms with van der Waals surface area (Å²) in [6.07, 6.45) is 2.20. The van der Waals surface area contributed by atoms with Crippen LogP contribution in [-0.2, 0) is 0 Å². The van der Waals surface area contributed by atoms with Gasteiger partial charge in [-0.05, 0) is 32.6 Å². The lowest BCUT2D eigenvalue weighted by atomic mass is 10.0. The van der Waals surface area contributed by atoms with E-state index in [-0.39, 0.29) is 10.6 Å². The topological polar surface area (TPSA) is 84.2 Å². The first kappa shape index (κ1) is 14.5. The van der Waals surface area contributed by atoms with E-state index in [9.17, 15) is 10.1 Å². The van der Waals surface area contributed by atoms with E-state index < -0.39 is 0 Å². The van der Waals surface area contributed by atoms with E-state index in [2.05, 4.69) is 22.2 Å². The van der Waals surface area contributed by atoms with Crippen LogP contribution in [0.25, 0.3) is 0 Å². The quantitative estimate of drug-likeness (QED) is 0.672. The molecule has 1 aliphatic rings. The maximum Gasteiger partial charge on any atom is 0.332 e. The van der Waals surface area contributed by atoms with E-state index in [1.165, 1.54) is 0 Å². The first-order chi connectivity index (χ1) is 9.52. The number of nitro groups is 1. The van der Waals surface area contributed by atoms with Gasteiger partial charge in [0.2, 0.25) is 11.8 Å². The summed E-state index contributed by atoms with van der Waals surface area (Å²) in [4.78, 5) is 21.5. The Morgan fingerprint density at radius 2 is 2.25 bits per heavy atom. The summed E-state index contributed by atoms with van der Waals surface area (Å²) in [5.41, 5.74) is 0.440. The molecule has 1 fully saturated rings. The van der Waals surface area contributed by atoms with Gasteiger partial charge in [-0.25, -0.2) is 4.98 Å². The molecule has 1 aromatic rings. The maximum absolute atomic E-state index is 11.3. The third kappa shape index (κ3) is 2.97. The molecular formula is C13H21N5O2. The van der Waals surface area contributed by atoms with Crippen LogP contribution in [0.5, 0.6) is 0 Å². The molecule has 2 rings (SSSR count). The van der Waals surface area contributed by atoms with Gasteiger partial charge in [0.25, 0.3) is 0 Å². The number of nitrogens with zero attached hydrogens (tertiary/aromatic N) is 4. The van der Waals surface area contributed by atoms with Crippen LogP contribution in [0.3, 0.4) is 0 Å². The molecule has 0 amide bonds. The molecule has 1 aromatic heterocycles. The normalized spacial score (nSPS) is 18.9. The van der Waals surface area contributed by atoms with Crippen LogP contribution in [-0.4, -0.2) is 34.5 Å². The van der Waals surface area contributed by atoms with Gasteiger partial charge in [-0.3, -0.25) is 10.1 Å². The van der Waals surface area contributed by atoms with Gasteiger partial charge in [0.05, 0.1) is 4.92 Å². The van der Waals surface area contributed by atoms with E-state index in [1.807, 2.05) is 11.8 Å². The highest BCUT2D eigenvalue weighted by molar-refractivity contribution is 5.62. The standard InChI is InChI=1S/C13H21N5O2/c1-4-14-13-15-10(3)11(18(19)20)12(16-13)17-7-5-6-9(2)8-17/h9H,4-8H2,1-3H3,(H,14,15,16). The van der Waals surface area contributed by atoms with Gasteiger partial charge in [-0.1, -0.05) is 6.92 Å². The molecule has 1 aliphatic heterocycles. The number of nitrogens with one attached hydrogen (secondary N) is 1. The molecule has 0 aromatic carbocycles. The van der Waals surface area contributed by atoms with Crippen molar-refractivity contribution in [2.75, 3.05) is 29.9 Å². The average molecular weight is 279 g/mol. The summed E-state index contributed by atoms with van der Waals surface area (Å²) in [6.45, 7) is 8.08. The second-order valence-electron chi connectivity index (χ2n) is 5.29. The summed E-state index contributed by atoms with van der Waals surface area (Å²) in [5, 5.41) is 14.3. The van der Waals surface area contributed by atoms with Crippen molar-refractivity contribution in [3.8, 4) is 0 Å². The molecule has 7 nitrogen and oxygen atoms in total. The minimum atomic E-state index is -0.375. The summed E-state index contributed by atoms with van der Waals surface area (Å²) in [6, 6.07) is 0. The van der Waals surface area contributed by atoms with Gasteiger partial charge >= 0.3 is 5.69 Å². The fraction of sp³-hybridized carbons (Fsp3) is 0.692. The lowest BCUT2D eigenvalue weighted by Gasteiger charge is -2.31. The second kappa shape index (κ2) is 6.02. The summed E-state index contributed by atoms with van der Waals surface area (Å²) >= 11 is 0. The van der Waals surface area contributed by atoms with E-state index in [1.54, 1.807) is 6.92 Å². The second-order valence-corrected chi connectivity index (χ2v) is 5.29. The van der Waals surface area contributed by atoms with E-state index in [0.717, 1.165) is 25.9 Å². The predicted octanol–water partition coefficient (Wildman–Crippen LogP) is 2.36. The van der Waals surface area contributed by atoms with Crippen LogP contribution in [0.15, 0.2) is 0 Å². The Hall–Kier alpha value is -1.92. The molecule has 1 atom stereocenters. The van der Waals surface area contributed by atoms with Gasteiger partial charge < -0.3 is 10.2 Å². The molecule has 0 spiro atoms. The van der Waals surface area contributed by atoms with Gasteiger partial charge in [0.15, 0.2) is 0 Å². The highest BCUT2D eigenvalue weighted by Gasteiger charge is 2.28. The molecule has 1 unspecified atom stereocenters. The summed E-state index contributed by atoms with van der Waals surface area (Å²) < 4.78 is 0. The number of rotatable bonds is 4. The fourth-order valence-corrected chi connectivity index (χ4v) is 2.61. The number of piperidine rings is 1. The highest BCUT2D eigenvalue weighted by atomic mass is 16.6. The Labute approximate surface area is 118 Å². The van der Waals surface area contributed by atoms with E-state index in [0.29, 0.717) is 29.9 Å². The van der Waals surface area contributed by atoms with Crippen LogP contribution in [0.2, 0.25) is 0 Å². The van der Waals surface area contributed by atoms with Crippen molar-refractivity contribution in [3.05, 3.63) is 15.8 Å². The molecule has 0 aliphatic carbocycles. The molecular weight excluding hydrogens is 258 g/mol. The SMILES string of the molecule is CCNc1nc(C)c([N+](=O)[O-])c(N2CCCC(C)C2)n1. The minimum Gasteiger partial charge on any atom is -0.354 e. The van der Waals surface area contributed by atoms with Gasteiger partial charge in [-0.2, -0.15) is 4.98 Å². The summed E-state index contributed by atoms with van der Waals surface area (Å²) in [5.74, 6) is 1.44. The zero-order valence-corrected chi connectivity index (χ0v) is 12.2. The smallest absolute Gasteiger partial charge is 0.332 e. The number of hydrogen-bond acceptors (Lipinski definition) is 6. The van der Waals surface area contributed by atoms with Crippen molar-refractivity contribution in [1.82, 2.24) is 9.97 Å². The average Bonchev–Trinajstić information content (AvgIpc) is 2.37. The largest absolute Gasteiger partial charge is 0.354 e. The zero-order valence-electron chi connectivity index (χ0n) is 12.2. The summed E-state index contributed by atoms with van der Waals surface area (Å²) in [7, 11) is 0. The van der Waals surface area contributed by atoms with Gasteiger partial charge in [-0.15, -0.1) is 0 Å². The fourth-order valence-electron chi connectivity index (χ4n) is 2.61. The Bertz CT molecular complexity index is 506. The van der Waals surface area contributed by atoms with Gasteiger partial charge in [0, 0.05) is 19.6 Å². The van der Waals surface area contributed by atoms with Crippen LogP contribution < -0.4 is 10.2 Å². The van der Waals surface area contributed by atoms with Crippen LogP contribution >= 0.6 is 0 Å². The molecule has 2 heterocycles. The molecule has 1 N–H and O–H groups in total. The highest BCUT2D eigenvalue weighted by Crippen LogP contribution is 2.32. The Morgan fingerprint density at radius 3 is 2.85 bits per heavy atom. The van der Waals surface area contributed by atoms with Crippen molar-refractivity contribution in [3.63, 3.8) is 0 Å². The van der Waals surface area contributed by atoms with Crippen molar-refractivity contribution in [2.24, 2.45) is 5.92 Å². The maximum atomic E-state index is 11.3. The molecule has 0 bridgehead atoms. The van der Waals surface area contributed by atoms with E-state index >= 15 is 0 Å². The lowest BCUT2D eigenvalue weighted by Crippen LogP contribution is -2.35. The van der Waals surface area contributed by atoms with Crippen LogP contribution in [0.4, 0.5) is 17.5 Å². The third-order valence-corrected chi connectivity index (χ3v) is 3.51. The Kier molecular flexibility index (Phi) is 4.36. The first-order valence-electron chi connectivity index (χ1n) is 7.04. The first-order valence-corrected chi connectivity index (χ1v) is 7.04. The lowest BCUT2D eigenvalue weighted by molar-refractivity contribution is -0.385. The molecule has 7 heteroatoms. The van der Waals surface area contributed by atoms with Gasteiger partial charge in [0.1, 0.15) is 5.69 Å². The van der Waals surface area contributed by atoms with E-state index in [4.69, 9.17) is 0 Å². The van der Waals surface area contributed by atoms with Crippen molar-refractivity contribution in [2.45, 2.75) is 33.6 Å². The van der Waals surface area contributed by atoms with Crippen LogP contribution in [0.1, 0.15) is 32.4 Å². The number of aryl methyl sites for hydroxylation is 1. The third-order valence-electron chi connectivity index (χ3n) is 3.51. The number of anilines is 2. The monoisotopic (exact) mass is 279 g/mol. The number of hydrogen-bond donors (Lipinski definition) is 1. The van der Waals surface area contributed by atoms with Crippen molar-refractivity contribution < 1.29 is 4.92 Å². The van der Waals surface area contributed by atoms with Crippen molar-refractivity contribution >= 4 is 17.5 Å². The molecule has 110 valence electrons. The predicted molar refractivity (Wildman–Crippen MR) is 78.2 cm³/mol. The molecule has 1 saturated heterocycles.